The highest BCUT2D eigenvalue weighted by Gasteiger charge is 2.30. The monoisotopic (exact) mass is 349 g/mol. The largest absolute Gasteiger partial charge is 0.462 e. The molecule has 2 rings (SSSR count). The van der Waals surface area contributed by atoms with Crippen LogP contribution in [0.25, 0.3) is 0 Å². The molecular formula is C18H27N3O4. The average molecular weight is 349 g/mol. The Morgan fingerprint density at radius 3 is 2.48 bits per heavy atom. The zero-order chi connectivity index (χ0) is 18.6. The van der Waals surface area contributed by atoms with Crippen molar-refractivity contribution in [2.45, 2.75) is 59.0 Å². The molecule has 1 amide bonds. The number of carbonyl (C=O) groups is 2. The van der Waals surface area contributed by atoms with Crippen molar-refractivity contribution < 1.29 is 19.1 Å². The average Bonchev–Trinajstić information content (AvgIpc) is 2.53. The van der Waals surface area contributed by atoms with Gasteiger partial charge in [0.15, 0.2) is 0 Å². The van der Waals surface area contributed by atoms with Crippen LogP contribution in [0.4, 0.5) is 4.79 Å². The van der Waals surface area contributed by atoms with Crippen molar-refractivity contribution in [1.82, 2.24) is 14.9 Å². The third-order valence-electron chi connectivity index (χ3n) is 3.97. The van der Waals surface area contributed by atoms with E-state index in [1.807, 2.05) is 20.8 Å². The SMILES string of the molecule is CCOC(=O)c1cnc(C)nc1C1CCN(C(=O)OC(C)(C)C)CC1. The number of carbonyl (C=O) groups excluding carboxylic acids is 2. The van der Waals surface area contributed by atoms with Crippen molar-refractivity contribution in [3.8, 4) is 0 Å². The fourth-order valence-electron chi connectivity index (χ4n) is 2.83. The van der Waals surface area contributed by atoms with Gasteiger partial charge in [0.05, 0.1) is 17.9 Å². The van der Waals surface area contributed by atoms with Crippen LogP contribution in [-0.2, 0) is 9.47 Å². The van der Waals surface area contributed by atoms with Gasteiger partial charge in [0, 0.05) is 25.2 Å². The van der Waals surface area contributed by atoms with Crippen LogP contribution in [0.1, 0.15) is 68.3 Å². The number of piperidine rings is 1. The molecule has 0 aromatic carbocycles. The smallest absolute Gasteiger partial charge is 0.410 e. The van der Waals surface area contributed by atoms with Gasteiger partial charge in [-0.1, -0.05) is 0 Å². The molecule has 0 N–H and O–H groups in total. The normalized spacial score (nSPS) is 15.8. The summed E-state index contributed by atoms with van der Waals surface area (Å²) in [6.45, 7) is 10.6. The van der Waals surface area contributed by atoms with E-state index < -0.39 is 11.6 Å². The molecule has 138 valence electrons. The first-order valence-electron chi connectivity index (χ1n) is 8.70. The number of esters is 1. The number of nitrogens with zero attached hydrogens (tertiary/aromatic N) is 3. The lowest BCUT2D eigenvalue weighted by Crippen LogP contribution is -2.41. The summed E-state index contributed by atoms with van der Waals surface area (Å²) in [6, 6.07) is 0. The predicted molar refractivity (Wildman–Crippen MR) is 92.5 cm³/mol. The third kappa shape index (κ3) is 5.14. The number of hydrogen-bond donors (Lipinski definition) is 0. The topological polar surface area (TPSA) is 81.6 Å². The highest BCUT2D eigenvalue weighted by molar-refractivity contribution is 5.90. The first-order chi connectivity index (χ1) is 11.7. The quantitative estimate of drug-likeness (QED) is 0.780. The van der Waals surface area contributed by atoms with Crippen molar-refractivity contribution >= 4 is 12.1 Å². The Morgan fingerprint density at radius 1 is 1.28 bits per heavy atom. The summed E-state index contributed by atoms with van der Waals surface area (Å²) in [5.41, 5.74) is 0.632. The third-order valence-corrected chi connectivity index (χ3v) is 3.97. The maximum absolute atomic E-state index is 12.2. The summed E-state index contributed by atoms with van der Waals surface area (Å²) >= 11 is 0. The van der Waals surface area contributed by atoms with E-state index in [4.69, 9.17) is 9.47 Å². The number of aromatic nitrogens is 2. The summed E-state index contributed by atoms with van der Waals surface area (Å²) in [6.07, 6.45) is 2.69. The first-order valence-corrected chi connectivity index (χ1v) is 8.70. The van der Waals surface area contributed by atoms with E-state index in [0.717, 1.165) is 18.5 Å². The van der Waals surface area contributed by atoms with E-state index >= 15 is 0 Å². The van der Waals surface area contributed by atoms with Gasteiger partial charge in [-0.3, -0.25) is 0 Å². The molecule has 25 heavy (non-hydrogen) atoms. The second kappa shape index (κ2) is 7.80. The molecule has 1 aliphatic heterocycles. The molecule has 7 nitrogen and oxygen atoms in total. The van der Waals surface area contributed by atoms with Crippen LogP contribution in [0.15, 0.2) is 6.20 Å². The van der Waals surface area contributed by atoms with Gasteiger partial charge >= 0.3 is 12.1 Å². The highest BCUT2D eigenvalue weighted by Crippen LogP contribution is 2.30. The molecular weight excluding hydrogens is 322 g/mol. The Labute approximate surface area is 148 Å². The van der Waals surface area contributed by atoms with Crippen molar-refractivity contribution in [2.75, 3.05) is 19.7 Å². The predicted octanol–water partition coefficient (Wildman–Crippen LogP) is 3.08. The number of hydrogen-bond acceptors (Lipinski definition) is 6. The molecule has 1 aromatic rings. The Bertz CT molecular complexity index is 632. The number of likely N-dealkylation sites (tertiary alicyclic amines) is 1. The fourth-order valence-corrected chi connectivity index (χ4v) is 2.83. The van der Waals surface area contributed by atoms with Crippen molar-refractivity contribution in [1.29, 1.82) is 0 Å². The van der Waals surface area contributed by atoms with Crippen LogP contribution in [0, 0.1) is 6.92 Å². The lowest BCUT2D eigenvalue weighted by molar-refractivity contribution is 0.0202. The molecule has 7 heteroatoms. The second-order valence-electron chi connectivity index (χ2n) is 7.18. The van der Waals surface area contributed by atoms with Gasteiger partial charge in [-0.2, -0.15) is 0 Å². The molecule has 1 aromatic heterocycles. The number of rotatable bonds is 3. The fraction of sp³-hybridized carbons (Fsp3) is 0.667. The molecule has 2 heterocycles. The standard InChI is InChI=1S/C18H27N3O4/c1-6-24-16(22)14-11-19-12(2)20-15(14)13-7-9-21(10-8-13)17(23)25-18(3,4)5/h11,13H,6-10H2,1-5H3. The summed E-state index contributed by atoms with van der Waals surface area (Å²) in [7, 11) is 0. The van der Waals surface area contributed by atoms with Crippen LogP contribution in [0.5, 0.6) is 0 Å². The molecule has 0 unspecified atom stereocenters. The van der Waals surface area contributed by atoms with E-state index in [-0.39, 0.29) is 12.0 Å². The van der Waals surface area contributed by atoms with Crippen LogP contribution < -0.4 is 0 Å². The highest BCUT2D eigenvalue weighted by atomic mass is 16.6. The molecule has 1 aliphatic rings. The number of ether oxygens (including phenoxy) is 2. The maximum Gasteiger partial charge on any atom is 0.410 e. The lowest BCUT2D eigenvalue weighted by Gasteiger charge is -2.33. The zero-order valence-electron chi connectivity index (χ0n) is 15.7. The second-order valence-corrected chi connectivity index (χ2v) is 7.18. The molecule has 1 fully saturated rings. The van der Waals surface area contributed by atoms with Crippen molar-refractivity contribution in [3.63, 3.8) is 0 Å². The molecule has 0 radical (unpaired) electrons. The lowest BCUT2D eigenvalue weighted by atomic mass is 9.91. The molecule has 0 saturated carbocycles. The zero-order valence-corrected chi connectivity index (χ0v) is 15.7. The van der Waals surface area contributed by atoms with Crippen molar-refractivity contribution in [3.05, 3.63) is 23.3 Å². The maximum atomic E-state index is 12.2. The van der Waals surface area contributed by atoms with Crippen LogP contribution in [-0.4, -0.2) is 52.2 Å². The summed E-state index contributed by atoms with van der Waals surface area (Å²) in [4.78, 5) is 34.7. The van der Waals surface area contributed by atoms with Gasteiger partial charge in [-0.25, -0.2) is 19.6 Å². The minimum Gasteiger partial charge on any atom is -0.462 e. The molecule has 1 saturated heterocycles. The van der Waals surface area contributed by atoms with Gasteiger partial charge in [0.2, 0.25) is 0 Å². The Balaban J connectivity index is 2.09. The van der Waals surface area contributed by atoms with E-state index in [0.29, 0.717) is 31.1 Å². The minimum atomic E-state index is -0.505. The minimum absolute atomic E-state index is 0.0970. The van der Waals surface area contributed by atoms with E-state index in [9.17, 15) is 9.59 Å². The van der Waals surface area contributed by atoms with Crippen molar-refractivity contribution in [2.24, 2.45) is 0 Å². The molecule has 0 atom stereocenters. The number of aryl methyl sites for hydroxylation is 1. The Kier molecular flexibility index (Phi) is 5.98. The summed E-state index contributed by atoms with van der Waals surface area (Å²) in [5, 5.41) is 0. The Morgan fingerprint density at radius 2 is 1.92 bits per heavy atom. The van der Waals surface area contributed by atoms with E-state index in [1.54, 1.807) is 18.7 Å². The summed E-state index contributed by atoms with van der Waals surface area (Å²) < 4.78 is 10.5. The first kappa shape index (κ1) is 19.1. The Hall–Kier alpha value is -2.18. The van der Waals surface area contributed by atoms with Crippen LogP contribution in [0.2, 0.25) is 0 Å². The van der Waals surface area contributed by atoms with E-state index in [1.165, 1.54) is 6.20 Å². The number of amides is 1. The van der Waals surface area contributed by atoms with Crippen LogP contribution in [0.3, 0.4) is 0 Å². The molecule has 0 spiro atoms. The van der Waals surface area contributed by atoms with Gasteiger partial charge in [0.25, 0.3) is 0 Å². The van der Waals surface area contributed by atoms with Gasteiger partial charge in [-0.15, -0.1) is 0 Å². The van der Waals surface area contributed by atoms with E-state index in [2.05, 4.69) is 9.97 Å². The van der Waals surface area contributed by atoms with Gasteiger partial charge in [-0.05, 0) is 47.5 Å². The van der Waals surface area contributed by atoms with Crippen LogP contribution >= 0.6 is 0 Å². The summed E-state index contributed by atoms with van der Waals surface area (Å²) in [5.74, 6) is 0.324. The molecule has 0 aliphatic carbocycles. The molecule has 0 bridgehead atoms. The van der Waals surface area contributed by atoms with Gasteiger partial charge < -0.3 is 14.4 Å². The van der Waals surface area contributed by atoms with Gasteiger partial charge in [0.1, 0.15) is 11.4 Å².